The summed E-state index contributed by atoms with van der Waals surface area (Å²) in [5.41, 5.74) is 5.43. The first-order valence-corrected chi connectivity index (χ1v) is 9.81. The van der Waals surface area contributed by atoms with Crippen molar-refractivity contribution in [2.75, 3.05) is 18.9 Å². The molecule has 2 aliphatic rings. The maximum absolute atomic E-state index is 12.6. The zero-order valence-electron chi connectivity index (χ0n) is 13.9. The molecule has 2 atom stereocenters. The number of alkyl halides is 1. The lowest BCUT2D eigenvalue weighted by molar-refractivity contribution is -0.123. The Kier molecular flexibility index (Phi) is 4.31. The fourth-order valence-electron chi connectivity index (χ4n) is 4.69. The zero-order valence-corrected chi connectivity index (χ0v) is 15.5. The van der Waals surface area contributed by atoms with Crippen LogP contribution in [0.4, 0.5) is 0 Å². The molecule has 24 heavy (non-hydrogen) atoms. The van der Waals surface area contributed by atoms with E-state index in [0.29, 0.717) is 11.1 Å². The molecule has 0 bridgehead atoms. The number of hydrogen-bond donors (Lipinski definition) is 0. The van der Waals surface area contributed by atoms with E-state index >= 15 is 0 Å². The molecule has 0 amide bonds. The summed E-state index contributed by atoms with van der Waals surface area (Å²) >= 11 is 3.40. The Labute approximate surface area is 152 Å². The van der Waals surface area contributed by atoms with Gasteiger partial charge in [0, 0.05) is 17.9 Å². The lowest BCUT2D eigenvalue weighted by Crippen LogP contribution is -2.49. The van der Waals surface area contributed by atoms with Gasteiger partial charge in [0.25, 0.3) is 0 Å². The van der Waals surface area contributed by atoms with Gasteiger partial charge in [-0.1, -0.05) is 64.5 Å². The maximum atomic E-state index is 12.6. The van der Waals surface area contributed by atoms with Crippen LogP contribution in [0.2, 0.25) is 0 Å². The zero-order chi connectivity index (χ0) is 16.7. The van der Waals surface area contributed by atoms with Gasteiger partial charge in [0.2, 0.25) is 0 Å². The van der Waals surface area contributed by atoms with Crippen molar-refractivity contribution >= 4 is 21.7 Å². The molecule has 1 heterocycles. The Morgan fingerprint density at radius 1 is 1.08 bits per heavy atom. The number of rotatable bonds is 3. The number of nitrogens with zero attached hydrogens (tertiary/aromatic N) is 1. The van der Waals surface area contributed by atoms with Crippen LogP contribution in [-0.4, -0.2) is 35.6 Å². The lowest BCUT2D eigenvalue weighted by atomic mass is 9.75. The Morgan fingerprint density at radius 3 is 2.25 bits per heavy atom. The van der Waals surface area contributed by atoms with Gasteiger partial charge in [-0.3, -0.25) is 4.79 Å². The highest BCUT2D eigenvalue weighted by molar-refractivity contribution is 9.09. The molecule has 1 aliphatic heterocycles. The number of ketones is 1. The summed E-state index contributed by atoms with van der Waals surface area (Å²) in [5, 5.41) is 0.456. The number of likely N-dealkylation sites (N-methyl/N-ethyl adjacent to an activating group) is 1. The number of likely N-dealkylation sites (tertiary alicyclic amines) is 1. The van der Waals surface area contributed by atoms with Crippen molar-refractivity contribution in [3.05, 3.63) is 59.7 Å². The summed E-state index contributed by atoms with van der Waals surface area (Å²) in [7, 11) is 2.18. The number of Topliss-reactive ketones (excluding diaryl/α,β-unsaturated/α-hetero) is 1. The fraction of sp³-hybridized carbons (Fsp3) is 0.381. The Morgan fingerprint density at radius 2 is 1.67 bits per heavy atom. The quantitative estimate of drug-likeness (QED) is 0.728. The largest absolute Gasteiger partial charge is 0.302 e. The minimum atomic E-state index is 0.104. The molecular weight excluding hydrogens is 362 g/mol. The summed E-state index contributed by atoms with van der Waals surface area (Å²) in [6, 6.07) is 17.7. The van der Waals surface area contributed by atoms with Crippen molar-refractivity contribution in [2.45, 2.75) is 24.8 Å². The van der Waals surface area contributed by atoms with Gasteiger partial charge in [0.15, 0.2) is 0 Å². The third kappa shape index (κ3) is 2.46. The van der Waals surface area contributed by atoms with Gasteiger partial charge in [0.05, 0.1) is 5.33 Å². The van der Waals surface area contributed by atoms with E-state index in [1.807, 2.05) is 0 Å². The van der Waals surface area contributed by atoms with Crippen LogP contribution in [-0.2, 0) is 4.79 Å². The molecule has 2 nitrogen and oxygen atoms in total. The molecule has 1 unspecified atom stereocenters. The van der Waals surface area contributed by atoms with E-state index in [1.54, 1.807) is 0 Å². The summed E-state index contributed by atoms with van der Waals surface area (Å²) in [4.78, 5) is 15.0. The molecule has 0 spiro atoms. The first-order valence-electron chi connectivity index (χ1n) is 8.69. The highest BCUT2D eigenvalue weighted by atomic mass is 79.9. The minimum absolute atomic E-state index is 0.104. The molecule has 4 rings (SSSR count). The summed E-state index contributed by atoms with van der Waals surface area (Å²) in [6.45, 7) is 1.07. The second kappa shape index (κ2) is 6.45. The summed E-state index contributed by atoms with van der Waals surface area (Å²) in [5.74, 6) is 0.733. The number of carbonyl (C=O) groups excluding carboxylic acids is 1. The third-order valence-electron chi connectivity index (χ3n) is 5.72. The Hall–Kier alpha value is -1.45. The van der Waals surface area contributed by atoms with Gasteiger partial charge in [-0.2, -0.15) is 0 Å². The second-order valence-electron chi connectivity index (χ2n) is 6.97. The number of piperidine rings is 1. The van der Waals surface area contributed by atoms with Crippen LogP contribution in [0.15, 0.2) is 48.5 Å². The molecule has 3 heteroatoms. The van der Waals surface area contributed by atoms with Crippen LogP contribution in [0.1, 0.15) is 29.9 Å². The van der Waals surface area contributed by atoms with Crippen LogP contribution < -0.4 is 0 Å². The van der Waals surface area contributed by atoms with E-state index in [-0.39, 0.29) is 17.9 Å². The Balaban J connectivity index is 1.86. The Bertz CT molecular complexity index is 726. The van der Waals surface area contributed by atoms with E-state index in [1.165, 1.54) is 22.3 Å². The van der Waals surface area contributed by atoms with Crippen molar-refractivity contribution in [3.63, 3.8) is 0 Å². The summed E-state index contributed by atoms with van der Waals surface area (Å²) in [6.07, 6.45) is 2.10. The normalized spacial score (nSPS) is 23.8. The number of fused-ring (bicyclic) bond motifs is 3. The molecule has 0 N–H and O–H groups in total. The average Bonchev–Trinajstić information content (AvgIpc) is 2.95. The topological polar surface area (TPSA) is 20.3 Å². The van der Waals surface area contributed by atoms with Gasteiger partial charge >= 0.3 is 0 Å². The number of carbonyl (C=O) groups is 1. The second-order valence-corrected chi connectivity index (χ2v) is 7.53. The highest BCUT2D eigenvalue weighted by Crippen LogP contribution is 2.49. The van der Waals surface area contributed by atoms with Crippen LogP contribution >= 0.6 is 15.9 Å². The SMILES string of the molecule is CN1CCCC(C(=O)CBr)[C@H]1C1c2ccccc2-c2ccccc21. The average molecular weight is 384 g/mol. The van der Waals surface area contributed by atoms with Crippen LogP contribution in [0.25, 0.3) is 11.1 Å². The van der Waals surface area contributed by atoms with Crippen molar-refractivity contribution in [2.24, 2.45) is 5.92 Å². The van der Waals surface area contributed by atoms with Crippen molar-refractivity contribution in [3.8, 4) is 11.1 Å². The molecule has 0 saturated carbocycles. The molecule has 1 saturated heterocycles. The number of halogens is 1. The van der Waals surface area contributed by atoms with Crippen molar-refractivity contribution < 1.29 is 4.79 Å². The standard InChI is InChI=1S/C21H22BrNO/c1-23-12-6-11-18(19(24)13-22)21(23)20-16-9-4-2-7-14(16)15-8-3-5-10-17(15)20/h2-5,7-10,18,20-21H,6,11-13H2,1H3/t18?,21-/m0/s1. The molecule has 1 aliphatic carbocycles. The van der Waals surface area contributed by atoms with E-state index in [9.17, 15) is 4.79 Å². The predicted octanol–water partition coefficient (Wildman–Crippen LogP) is 4.47. The van der Waals surface area contributed by atoms with Gasteiger partial charge < -0.3 is 4.90 Å². The maximum Gasteiger partial charge on any atom is 0.148 e. The number of hydrogen-bond acceptors (Lipinski definition) is 2. The lowest BCUT2D eigenvalue weighted by Gasteiger charge is -2.42. The molecule has 0 radical (unpaired) electrons. The third-order valence-corrected chi connectivity index (χ3v) is 6.27. The van der Waals surface area contributed by atoms with E-state index in [0.717, 1.165) is 19.4 Å². The predicted molar refractivity (Wildman–Crippen MR) is 102 cm³/mol. The van der Waals surface area contributed by atoms with Crippen molar-refractivity contribution in [1.82, 2.24) is 4.90 Å². The van der Waals surface area contributed by atoms with E-state index in [2.05, 4.69) is 76.4 Å². The molecular formula is C21H22BrNO. The van der Waals surface area contributed by atoms with Gasteiger partial charge in [-0.25, -0.2) is 0 Å². The van der Waals surface area contributed by atoms with Crippen LogP contribution in [0.5, 0.6) is 0 Å². The molecule has 0 aromatic heterocycles. The first kappa shape index (κ1) is 16.0. The first-order chi connectivity index (χ1) is 11.7. The highest BCUT2D eigenvalue weighted by Gasteiger charge is 2.43. The van der Waals surface area contributed by atoms with Crippen molar-refractivity contribution in [1.29, 1.82) is 0 Å². The number of benzene rings is 2. The monoisotopic (exact) mass is 383 g/mol. The molecule has 1 fully saturated rings. The van der Waals surface area contributed by atoms with E-state index < -0.39 is 0 Å². The fourth-order valence-corrected chi connectivity index (χ4v) is 5.10. The van der Waals surface area contributed by atoms with Crippen LogP contribution in [0, 0.1) is 5.92 Å². The minimum Gasteiger partial charge on any atom is -0.302 e. The smallest absolute Gasteiger partial charge is 0.148 e. The van der Waals surface area contributed by atoms with Gasteiger partial charge in [-0.05, 0) is 48.7 Å². The van der Waals surface area contributed by atoms with Gasteiger partial charge in [-0.15, -0.1) is 0 Å². The van der Waals surface area contributed by atoms with E-state index in [4.69, 9.17) is 0 Å². The molecule has 2 aromatic rings. The van der Waals surface area contributed by atoms with Crippen LogP contribution in [0.3, 0.4) is 0 Å². The summed E-state index contributed by atoms with van der Waals surface area (Å²) < 4.78 is 0. The molecule has 124 valence electrons. The molecule has 2 aromatic carbocycles. The van der Waals surface area contributed by atoms with Gasteiger partial charge in [0.1, 0.15) is 5.78 Å².